The van der Waals surface area contributed by atoms with Gasteiger partial charge in [0, 0.05) is 59.0 Å². The number of piperazine rings is 1. The average Bonchev–Trinajstić information content (AvgIpc) is 3.34. The van der Waals surface area contributed by atoms with Crippen molar-refractivity contribution < 1.29 is 9.47 Å². The fourth-order valence-electron chi connectivity index (χ4n) is 4.25. The van der Waals surface area contributed by atoms with E-state index in [0.717, 1.165) is 84.3 Å². The summed E-state index contributed by atoms with van der Waals surface area (Å²) in [5, 5.41) is 6.81. The first kappa shape index (κ1) is 28.3. The zero-order valence-corrected chi connectivity index (χ0v) is 22.9. The van der Waals surface area contributed by atoms with E-state index in [2.05, 4.69) is 58.5 Å². The Morgan fingerprint density at radius 3 is 2.55 bits per heavy atom. The molecule has 2 aliphatic rings. The second-order valence-electron chi connectivity index (χ2n) is 8.66. The van der Waals surface area contributed by atoms with Gasteiger partial charge in [0.05, 0.1) is 19.3 Å². The molecule has 1 unspecified atom stereocenters. The molecule has 0 saturated carbocycles. The van der Waals surface area contributed by atoms with Crippen LogP contribution < -0.4 is 10.6 Å². The molecule has 0 aromatic heterocycles. The smallest absolute Gasteiger partial charge is 0.191 e. The summed E-state index contributed by atoms with van der Waals surface area (Å²) in [6.07, 6.45) is 3.55. The van der Waals surface area contributed by atoms with E-state index < -0.39 is 0 Å². The number of nitrogens with zero attached hydrogens (tertiary/aromatic N) is 3. The van der Waals surface area contributed by atoms with Crippen molar-refractivity contribution in [2.24, 2.45) is 4.99 Å². The molecule has 2 heterocycles. The molecule has 3 rings (SSSR count). The molecule has 8 heteroatoms. The van der Waals surface area contributed by atoms with Gasteiger partial charge in [-0.3, -0.25) is 4.90 Å². The quantitative estimate of drug-likeness (QED) is 0.174. The molecular weight excluding hydrogens is 529 g/mol. The number of ether oxygens (including phenoxy) is 2. The molecule has 188 valence electrons. The molecule has 2 N–H and O–H groups in total. The van der Waals surface area contributed by atoms with Crippen molar-refractivity contribution in [3.05, 3.63) is 35.4 Å². The molecule has 0 aliphatic carbocycles. The number of aliphatic imine (C=N–C) groups is 1. The molecule has 1 aromatic rings. The zero-order valence-electron chi connectivity index (χ0n) is 20.6. The Labute approximate surface area is 217 Å². The van der Waals surface area contributed by atoms with E-state index in [0.29, 0.717) is 12.6 Å². The van der Waals surface area contributed by atoms with Crippen LogP contribution in [0.1, 0.15) is 44.2 Å². The van der Waals surface area contributed by atoms with Crippen LogP contribution in [0.2, 0.25) is 0 Å². The minimum atomic E-state index is 0. The molecule has 0 bridgehead atoms. The molecule has 7 nitrogen and oxygen atoms in total. The largest absolute Gasteiger partial charge is 0.379 e. The first-order valence-corrected chi connectivity index (χ1v) is 12.5. The number of nitrogens with one attached hydrogen (secondary N) is 2. The SMILES string of the molecule is CCNC(=NCc1ccccc1CN1CCN(CC)CC1)NCCCOCC1CCCO1.I. The van der Waals surface area contributed by atoms with Gasteiger partial charge in [-0.1, -0.05) is 31.2 Å². The minimum absolute atomic E-state index is 0. The standard InChI is InChI=1S/C25H43N5O2.HI/c1-3-26-25(27-12-8-17-31-21-24-11-7-18-32-24)28-19-22-9-5-6-10-23(22)20-30-15-13-29(4-2)14-16-30;/h5-6,9-10,24H,3-4,7-8,11-21H2,1-2H3,(H2,26,27,28);1H. The minimum Gasteiger partial charge on any atom is -0.379 e. The number of likely N-dealkylation sites (N-methyl/N-ethyl adjacent to an activating group) is 1. The Morgan fingerprint density at radius 1 is 1.09 bits per heavy atom. The number of benzene rings is 1. The van der Waals surface area contributed by atoms with Gasteiger partial charge in [-0.05, 0) is 43.9 Å². The van der Waals surface area contributed by atoms with E-state index in [4.69, 9.17) is 14.5 Å². The number of rotatable bonds is 12. The summed E-state index contributed by atoms with van der Waals surface area (Å²) < 4.78 is 11.4. The normalized spacial score (nSPS) is 19.9. The van der Waals surface area contributed by atoms with Crippen molar-refractivity contribution in [1.29, 1.82) is 0 Å². The molecule has 2 fully saturated rings. The molecule has 0 spiro atoms. The predicted molar refractivity (Wildman–Crippen MR) is 146 cm³/mol. The van der Waals surface area contributed by atoms with Crippen molar-refractivity contribution >= 4 is 29.9 Å². The van der Waals surface area contributed by atoms with E-state index >= 15 is 0 Å². The maximum absolute atomic E-state index is 5.76. The van der Waals surface area contributed by atoms with Crippen molar-refractivity contribution in [3.8, 4) is 0 Å². The third-order valence-corrected chi connectivity index (χ3v) is 6.26. The summed E-state index contributed by atoms with van der Waals surface area (Å²) in [4.78, 5) is 9.94. The van der Waals surface area contributed by atoms with Crippen LogP contribution in [-0.2, 0) is 22.6 Å². The van der Waals surface area contributed by atoms with Gasteiger partial charge < -0.3 is 25.0 Å². The highest BCUT2D eigenvalue weighted by Gasteiger charge is 2.17. The lowest BCUT2D eigenvalue weighted by atomic mass is 10.1. The molecule has 1 atom stereocenters. The number of hydrogen-bond acceptors (Lipinski definition) is 5. The monoisotopic (exact) mass is 573 g/mol. The maximum Gasteiger partial charge on any atom is 0.191 e. The fourth-order valence-corrected chi connectivity index (χ4v) is 4.25. The van der Waals surface area contributed by atoms with Crippen LogP contribution in [-0.4, -0.2) is 87.5 Å². The van der Waals surface area contributed by atoms with Gasteiger partial charge in [0.25, 0.3) is 0 Å². The molecular formula is C25H44IN5O2. The highest BCUT2D eigenvalue weighted by Crippen LogP contribution is 2.15. The van der Waals surface area contributed by atoms with E-state index in [1.165, 1.54) is 24.2 Å². The molecule has 1 aromatic carbocycles. The van der Waals surface area contributed by atoms with E-state index in [-0.39, 0.29) is 24.0 Å². The van der Waals surface area contributed by atoms with Crippen LogP contribution in [0.4, 0.5) is 0 Å². The van der Waals surface area contributed by atoms with E-state index in [1.54, 1.807) is 0 Å². The summed E-state index contributed by atoms with van der Waals surface area (Å²) in [6.45, 7) is 15.9. The van der Waals surface area contributed by atoms with Gasteiger partial charge >= 0.3 is 0 Å². The summed E-state index contributed by atoms with van der Waals surface area (Å²) in [7, 11) is 0. The van der Waals surface area contributed by atoms with Crippen molar-refractivity contribution in [3.63, 3.8) is 0 Å². The Hall–Kier alpha value is -0.940. The van der Waals surface area contributed by atoms with Crippen LogP contribution in [0.25, 0.3) is 0 Å². The first-order valence-electron chi connectivity index (χ1n) is 12.5. The lowest BCUT2D eigenvalue weighted by Gasteiger charge is -2.34. The maximum atomic E-state index is 5.76. The Bertz CT molecular complexity index is 677. The third kappa shape index (κ3) is 10.5. The fraction of sp³-hybridized carbons (Fsp3) is 0.720. The number of hydrogen-bond donors (Lipinski definition) is 2. The average molecular weight is 574 g/mol. The van der Waals surface area contributed by atoms with E-state index in [1.807, 2.05) is 0 Å². The molecule has 0 radical (unpaired) electrons. The van der Waals surface area contributed by atoms with Gasteiger partial charge in [0.2, 0.25) is 0 Å². The zero-order chi connectivity index (χ0) is 22.4. The highest BCUT2D eigenvalue weighted by atomic mass is 127. The van der Waals surface area contributed by atoms with Crippen LogP contribution in [0.5, 0.6) is 0 Å². The second-order valence-corrected chi connectivity index (χ2v) is 8.66. The van der Waals surface area contributed by atoms with Crippen LogP contribution >= 0.6 is 24.0 Å². The number of halogens is 1. The topological polar surface area (TPSA) is 61.4 Å². The van der Waals surface area contributed by atoms with Crippen LogP contribution in [0, 0.1) is 0 Å². The van der Waals surface area contributed by atoms with Crippen molar-refractivity contribution in [2.45, 2.75) is 52.3 Å². The summed E-state index contributed by atoms with van der Waals surface area (Å²) in [5.74, 6) is 0.873. The summed E-state index contributed by atoms with van der Waals surface area (Å²) in [6, 6.07) is 8.73. The van der Waals surface area contributed by atoms with Gasteiger partial charge in [-0.2, -0.15) is 0 Å². The van der Waals surface area contributed by atoms with Gasteiger partial charge in [0.15, 0.2) is 5.96 Å². The number of guanidine groups is 1. The van der Waals surface area contributed by atoms with Gasteiger partial charge in [0.1, 0.15) is 0 Å². The molecule has 2 aliphatic heterocycles. The lowest BCUT2D eigenvalue weighted by Crippen LogP contribution is -2.45. The molecule has 33 heavy (non-hydrogen) atoms. The Morgan fingerprint density at radius 2 is 1.85 bits per heavy atom. The Balaban J connectivity index is 0.00000385. The predicted octanol–water partition coefficient (Wildman–Crippen LogP) is 3.08. The summed E-state index contributed by atoms with van der Waals surface area (Å²) >= 11 is 0. The lowest BCUT2D eigenvalue weighted by molar-refractivity contribution is 0.0168. The van der Waals surface area contributed by atoms with Crippen LogP contribution in [0.15, 0.2) is 29.3 Å². The third-order valence-electron chi connectivity index (χ3n) is 6.26. The van der Waals surface area contributed by atoms with Gasteiger partial charge in [-0.15, -0.1) is 24.0 Å². The summed E-state index contributed by atoms with van der Waals surface area (Å²) in [5.41, 5.74) is 2.70. The van der Waals surface area contributed by atoms with Crippen molar-refractivity contribution in [1.82, 2.24) is 20.4 Å². The molecule has 0 amide bonds. The first-order chi connectivity index (χ1) is 15.8. The highest BCUT2D eigenvalue weighted by molar-refractivity contribution is 14.0. The van der Waals surface area contributed by atoms with Crippen molar-refractivity contribution in [2.75, 3.05) is 65.6 Å². The van der Waals surface area contributed by atoms with Gasteiger partial charge in [-0.25, -0.2) is 4.99 Å². The van der Waals surface area contributed by atoms with E-state index in [9.17, 15) is 0 Å². The Kier molecular flexibility index (Phi) is 14.3. The molecule has 2 saturated heterocycles. The van der Waals surface area contributed by atoms with Crippen LogP contribution in [0.3, 0.4) is 0 Å². The second kappa shape index (κ2) is 16.6.